The van der Waals surface area contributed by atoms with Gasteiger partial charge in [0.1, 0.15) is 6.04 Å². The predicted octanol–water partition coefficient (Wildman–Crippen LogP) is 2.43. The van der Waals surface area contributed by atoms with E-state index in [0.717, 1.165) is 43.9 Å². The molecule has 0 bridgehead atoms. The molecule has 0 aliphatic carbocycles. The second-order valence-electron chi connectivity index (χ2n) is 9.96. The fraction of sp³-hybridized carbons (Fsp3) is 0.640. The number of fused-ring (bicyclic) bond motifs is 3. The summed E-state index contributed by atoms with van der Waals surface area (Å²) in [6, 6.07) is 2.80. The molecule has 4 atom stereocenters. The summed E-state index contributed by atoms with van der Waals surface area (Å²) < 4.78 is 16.8. The number of nitrogens with one attached hydrogen (secondary N) is 2. The van der Waals surface area contributed by atoms with Crippen molar-refractivity contribution in [2.75, 3.05) is 33.9 Å². The second-order valence-corrected chi connectivity index (χ2v) is 9.96. The highest BCUT2D eigenvalue weighted by Gasteiger charge is 2.40. The normalized spacial score (nSPS) is 26.7. The Hall–Kier alpha value is -2.81. The van der Waals surface area contributed by atoms with Crippen LogP contribution in [-0.4, -0.2) is 62.8 Å². The zero-order chi connectivity index (χ0) is 24.4. The lowest BCUT2D eigenvalue weighted by Crippen LogP contribution is -2.55. The third-order valence-corrected chi connectivity index (χ3v) is 7.22. The van der Waals surface area contributed by atoms with Gasteiger partial charge < -0.3 is 19.5 Å². The number of benzene rings is 1. The minimum absolute atomic E-state index is 0.101. The minimum Gasteiger partial charge on any atom is -0.493 e. The van der Waals surface area contributed by atoms with Crippen LogP contribution in [0.1, 0.15) is 50.3 Å². The van der Waals surface area contributed by atoms with Crippen molar-refractivity contribution < 1.29 is 28.6 Å². The van der Waals surface area contributed by atoms with Gasteiger partial charge in [0.05, 0.1) is 27.2 Å². The van der Waals surface area contributed by atoms with Crippen molar-refractivity contribution in [2.45, 2.75) is 51.6 Å². The Labute approximate surface area is 200 Å². The number of amides is 3. The molecule has 34 heavy (non-hydrogen) atoms. The molecule has 2 fully saturated rings. The molecule has 3 aliphatic heterocycles. The lowest BCUT2D eigenvalue weighted by Gasteiger charge is -2.47. The van der Waals surface area contributed by atoms with Gasteiger partial charge in [0.25, 0.3) is 0 Å². The molecule has 9 heteroatoms. The Bertz CT molecular complexity index is 933. The summed E-state index contributed by atoms with van der Waals surface area (Å²) in [4.78, 5) is 38.4. The van der Waals surface area contributed by atoms with Crippen LogP contribution in [0.15, 0.2) is 12.1 Å². The van der Waals surface area contributed by atoms with Gasteiger partial charge in [0, 0.05) is 19.1 Å². The first-order valence-electron chi connectivity index (χ1n) is 12.0. The number of ether oxygens (including phenoxy) is 3. The van der Waals surface area contributed by atoms with Gasteiger partial charge in [-0.1, -0.05) is 13.8 Å². The average Bonchev–Trinajstić information content (AvgIpc) is 2.80. The van der Waals surface area contributed by atoms with Gasteiger partial charge in [-0.3, -0.25) is 15.0 Å². The zero-order valence-corrected chi connectivity index (χ0v) is 20.4. The number of carbonyl (C=O) groups excluding carboxylic acids is 3. The number of imide groups is 1. The number of hydrogen-bond donors (Lipinski definition) is 2. The molecule has 1 aromatic rings. The molecule has 9 nitrogen and oxygen atoms in total. The Morgan fingerprint density at radius 3 is 2.56 bits per heavy atom. The molecule has 3 aliphatic rings. The van der Waals surface area contributed by atoms with Crippen LogP contribution in [0.3, 0.4) is 0 Å². The summed E-state index contributed by atoms with van der Waals surface area (Å²) in [5, 5.41) is 4.61. The topological polar surface area (TPSA) is 106 Å². The summed E-state index contributed by atoms with van der Waals surface area (Å²) in [6.45, 7) is 6.64. The summed E-state index contributed by atoms with van der Waals surface area (Å²) in [5.74, 6) is 1.55. The number of rotatable bonds is 7. The number of piperidine rings is 1. The van der Waals surface area contributed by atoms with E-state index in [-0.39, 0.29) is 25.0 Å². The standard InChI is InChI=1S/C25H35N3O6/c1-14(2)7-16-12-28-6-5-15-9-21(32-3)22(33-4)10-18(15)20(28)8-17(16)13-34-24(30)19-11-23(29)27-25(31)26-19/h9-10,14,16-17,19-20H,5-8,11-13H2,1-4H3,(H2,26,27,29,31)/t16?,17?,19-,20?/m0/s1. The summed E-state index contributed by atoms with van der Waals surface area (Å²) >= 11 is 0. The van der Waals surface area contributed by atoms with Crippen molar-refractivity contribution in [1.29, 1.82) is 0 Å². The molecule has 2 N–H and O–H groups in total. The summed E-state index contributed by atoms with van der Waals surface area (Å²) in [5.41, 5.74) is 2.52. The van der Waals surface area contributed by atoms with E-state index < -0.39 is 23.9 Å². The maximum Gasteiger partial charge on any atom is 0.329 e. The van der Waals surface area contributed by atoms with E-state index in [2.05, 4.69) is 41.5 Å². The highest BCUT2D eigenvalue weighted by atomic mass is 16.5. The Morgan fingerprint density at radius 1 is 1.15 bits per heavy atom. The first kappa shape index (κ1) is 24.3. The van der Waals surface area contributed by atoms with Crippen LogP contribution in [0.5, 0.6) is 11.5 Å². The molecule has 186 valence electrons. The fourth-order valence-corrected chi connectivity index (χ4v) is 5.62. The quantitative estimate of drug-likeness (QED) is 0.586. The average molecular weight is 474 g/mol. The molecule has 3 heterocycles. The fourth-order valence-electron chi connectivity index (χ4n) is 5.62. The molecule has 0 spiro atoms. The van der Waals surface area contributed by atoms with E-state index in [0.29, 0.717) is 11.8 Å². The van der Waals surface area contributed by atoms with Crippen molar-refractivity contribution in [2.24, 2.45) is 17.8 Å². The van der Waals surface area contributed by atoms with Gasteiger partial charge in [-0.2, -0.15) is 0 Å². The lowest BCUT2D eigenvalue weighted by molar-refractivity contribution is -0.151. The van der Waals surface area contributed by atoms with E-state index in [1.165, 1.54) is 11.1 Å². The first-order valence-corrected chi connectivity index (χ1v) is 12.0. The molecule has 0 radical (unpaired) electrons. The second kappa shape index (κ2) is 10.2. The zero-order valence-electron chi connectivity index (χ0n) is 20.4. The number of nitrogens with zero attached hydrogens (tertiary/aromatic N) is 1. The number of hydrogen-bond acceptors (Lipinski definition) is 7. The van der Waals surface area contributed by atoms with Crippen molar-refractivity contribution in [3.8, 4) is 11.5 Å². The van der Waals surface area contributed by atoms with Crippen LogP contribution in [0.25, 0.3) is 0 Å². The van der Waals surface area contributed by atoms with Crippen LogP contribution < -0.4 is 20.1 Å². The van der Waals surface area contributed by atoms with Crippen molar-refractivity contribution in [1.82, 2.24) is 15.5 Å². The van der Waals surface area contributed by atoms with E-state index in [9.17, 15) is 14.4 Å². The van der Waals surface area contributed by atoms with Crippen LogP contribution in [-0.2, 0) is 20.7 Å². The molecular weight excluding hydrogens is 438 g/mol. The van der Waals surface area contributed by atoms with E-state index >= 15 is 0 Å². The third-order valence-electron chi connectivity index (χ3n) is 7.22. The predicted molar refractivity (Wildman–Crippen MR) is 125 cm³/mol. The van der Waals surface area contributed by atoms with Gasteiger partial charge in [-0.05, 0) is 60.3 Å². The minimum atomic E-state index is -0.933. The Kier molecular flexibility index (Phi) is 7.30. The van der Waals surface area contributed by atoms with Crippen LogP contribution in [0.2, 0.25) is 0 Å². The summed E-state index contributed by atoms with van der Waals surface area (Å²) in [6.07, 6.45) is 2.78. The Balaban J connectivity index is 1.51. The SMILES string of the molecule is COc1cc2c(cc1OC)C1CC(COC(=O)[C@@H]3CC(=O)NC(=O)N3)C(CC(C)C)CN1CC2. The molecular formula is C25H35N3O6. The van der Waals surface area contributed by atoms with E-state index in [1.807, 2.05) is 0 Å². The highest BCUT2D eigenvalue weighted by molar-refractivity contribution is 6.01. The third kappa shape index (κ3) is 5.14. The van der Waals surface area contributed by atoms with E-state index in [1.54, 1.807) is 14.2 Å². The molecule has 1 aromatic carbocycles. The summed E-state index contributed by atoms with van der Waals surface area (Å²) in [7, 11) is 3.30. The largest absolute Gasteiger partial charge is 0.493 e. The monoisotopic (exact) mass is 473 g/mol. The van der Waals surface area contributed by atoms with Crippen LogP contribution in [0.4, 0.5) is 4.79 Å². The number of esters is 1. The smallest absolute Gasteiger partial charge is 0.329 e. The van der Waals surface area contributed by atoms with Gasteiger partial charge in [-0.25, -0.2) is 9.59 Å². The van der Waals surface area contributed by atoms with Crippen molar-refractivity contribution >= 4 is 17.9 Å². The lowest BCUT2D eigenvalue weighted by atomic mass is 9.74. The molecule has 3 unspecified atom stereocenters. The maximum absolute atomic E-state index is 12.6. The van der Waals surface area contributed by atoms with Crippen LogP contribution in [0, 0.1) is 17.8 Å². The molecule has 2 saturated heterocycles. The highest BCUT2D eigenvalue weighted by Crippen LogP contribution is 2.45. The van der Waals surface area contributed by atoms with E-state index in [4.69, 9.17) is 14.2 Å². The Morgan fingerprint density at radius 2 is 1.88 bits per heavy atom. The van der Waals surface area contributed by atoms with Crippen LogP contribution >= 0.6 is 0 Å². The first-order chi connectivity index (χ1) is 16.3. The molecule has 0 aromatic heterocycles. The van der Waals surface area contributed by atoms with Crippen molar-refractivity contribution in [3.63, 3.8) is 0 Å². The number of urea groups is 1. The van der Waals surface area contributed by atoms with Gasteiger partial charge in [0.2, 0.25) is 5.91 Å². The molecule has 3 amide bonds. The number of methoxy groups -OCH3 is 2. The molecule has 0 saturated carbocycles. The van der Waals surface area contributed by atoms with Gasteiger partial charge in [0.15, 0.2) is 11.5 Å². The molecule has 4 rings (SSSR count). The van der Waals surface area contributed by atoms with Gasteiger partial charge in [-0.15, -0.1) is 0 Å². The maximum atomic E-state index is 12.6. The van der Waals surface area contributed by atoms with Gasteiger partial charge >= 0.3 is 12.0 Å². The van der Waals surface area contributed by atoms with Crippen molar-refractivity contribution in [3.05, 3.63) is 23.3 Å². The number of carbonyl (C=O) groups is 3.